The third-order valence-electron chi connectivity index (χ3n) is 4.74. The molecule has 144 valence electrons. The van der Waals surface area contributed by atoms with Gasteiger partial charge in [0, 0.05) is 14.1 Å². The van der Waals surface area contributed by atoms with Gasteiger partial charge in [0.2, 0.25) is 0 Å². The molecule has 3 rings (SSSR count). The zero-order valence-corrected chi connectivity index (χ0v) is 16.0. The highest BCUT2D eigenvalue weighted by Crippen LogP contribution is 2.38. The van der Waals surface area contributed by atoms with Gasteiger partial charge in [0.05, 0.1) is 13.2 Å². The largest absolute Gasteiger partial charge is 0.497 e. The maximum Gasteiger partial charge on any atom is 0.161 e. The first-order valence-electron chi connectivity index (χ1n) is 8.65. The molecule has 1 aromatic carbocycles. The molecule has 0 aliphatic carbocycles. The first kappa shape index (κ1) is 19.4. The van der Waals surface area contributed by atoms with Gasteiger partial charge < -0.3 is 29.7 Å². The average Bonchev–Trinajstić information content (AvgIpc) is 3.08. The predicted octanol–water partition coefficient (Wildman–Crippen LogP) is 0.468. The van der Waals surface area contributed by atoms with Crippen molar-refractivity contribution in [2.75, 3.05) is 21.2 Å². The molecule has 6 atom stereocenters. The molecule has 0 bridgehead atoms. The standard InChI is InChI=1S/C18H26N2O5S/c1-20(2)18-19-13-14(22)15(23)16(25-17(13)26-18)12(21)9-6-10-4-7-11(24-3)8-5-10/h4-5,7-8,12-17,21-23H,6,9H2,1-3H3/t12-,13+,14+,15-,16?,17+/m0/s1. The van der Waals surface area contributed by atoms with Crippen molar-refractivity contribution in [3.8, 4) is 5.75 Å². The number of rotatable bonds is 5. The molecule has 2 heterocycles. The topological polar surface area (TPSA) is 94.8 Å². The van der Waals surface area contributed by atoms with Crippen LogP contribution in [0.3, 0.4) is 0 Å². The Morgan fingerprint density at radius 1 is 1.23 bits per heavy atom. The summed E-state index contributed by atoms with van der Waals surface area (Å²) in [6.07, 6.45) is -2.90. The number of hydrogen-bond acceptors (Lipinski definition) is 8. The number of aryl methyl sites for hydroxylation is 1. The maximum absolute atomic E-state index is 10.5. The van der Waals surface area contributed by atoms with Crippen LogP contribution in [-0.2, 0) is 11.2 Å². The molecule has 7 nitrogen and oxygen atoms in total. The van der Waals surface area contributed by atoms with Crippen LogP contribution in [0.4, 0.5) is 0 Å². The summed E-state index contributed by atoms with van der Waals surface area (Å²) in [7, 11) is 5.35. The highest BCUT2D eigenvalue weighted by Gasteiger charge is 2.50. The molecule has 1 unspecified atom stereocenters. The van der Waals surface area contributed by atoms with E-state index < -0.39 is 35.9 Å². The SMILES string of the molecule is COc1ccc(CC[C@H](O)C2O[C@@H]3SC(N(C)C)=N[C@@H]3[C@@H](O)[C@@H]2O)cc1. The van der Waals surface area contributed by atoms with Crippen LogP contribution in [0.25, 0.3) is 0 Å². The van der Waals surface area contributed by atoms with E-state index in [1.807, 2.05) is 43.3 Å². The molecule has 3 N–H and O–H groups in total. The van der Waals surface area contributed by atoms with E-state index in [1.165, 1.54) is 11.8 Å². The number of aliphatic hydroxyl groups excluding tert-OH is 3. The van der Waals surface area contributed by atoms with E-state index in [-0.39, 0.29) is 0 Å². The molecule has 0 aromatic heterocycles. The van der Waals surface area contributed by atoms with E-state index in [9.17, 15) is 15.3 Å². The molecular weight excluding hydrogens is 356 g/mol. The Labute approximate surface area is 157 Å². The second kappa shape index (κ2) is 8.14. The Morgan fingerprint density at radius 3 is 2.54 bits per heavy atom. The quantitative estimate of drug-likeness (QED) is 0.681. The molecule has 1 fully saturated rings. The Hall–Kier alpha value is -1.32. The summed E-state index contributed by atoms with van der Waals surface area (Å²) in [6.45, 7) is 0. The van der Waals surface area contributed by atoms with Crippen molar-refractivity contribution in [2.45, 2.75) is 48.7 Å². The van der Waals surface area contributed by atoms with Crippen molar-refractivity contribution in [2.24, 2.45) is 4.99 Å². The second-order valence-corrected chi connectivity index (χ2v) is 7.88. The van der Waals surface area contributed by atoms with Gasteiger partial charge >= 0.3 is 0 Å². The molecule has 2 aliphatic heterocycles. The normalized spacial score (nSPS) is 31.9. The lowest BCUT2D eigenvalue weighted by molar-refractivity contribution is -0.185. The Morgan fingerprint density at radius 2 is 1.92 bits per heavy atom. The Balaban J connectivity index is 1.60. The summed E-state index contributed by atoms with van der Waals surface area (Å²) in [6, 6.07) is 7.11. The van der Waals surface area contributed by atoms with Crippen LogP contribution in [0, 0.1) is 0 Å². The highest BCUT2D eigenvalue weighted by molar-refractivity contribution is 8.14. The van der Waals surface area contributed by atoms with E-state index in [4.69, 9.17) is 9.47 Å². The summed E-state index contributed by atoms with van der Waals surface area (Å²) in [5.74, 6) is 0.782. The van der Waals surface area contributed by atoms with Gasteiger partial charge in [0.15, 0.2) is 5.17 Å². The van der Waals surface area contributed by atoms with Gasteiger partial charge in [-0.3, -0.25) is 4.99 Å². The van der Waals surface area contributed by atoms with Crippen LogP contribution < -0.4 is 4.74 Å². The number of amidine groups is 1. The van der Waals surface area contributed by atoms with Crippen LogP contribution in [0.15, 0.2) is 29.3 Å². The van der Waals surface area contributed by atoms with Crippen LogP contribution in [0.1, 0.15) is 12.0 Å². The van der Waals surface area contributed by atoms with Gasteiger partial charge in [-0.2, -0.15) is 0 Å². The fourth-order valence-electron chi connectivity index (χ4n) is 3.18. The molecule has 1 aromatic rings. The summed E-state index contributed by atoms with van der Waals surface area (Å²) in [5, 5.41) is 32.1. The second-order valence-electron chi connectivity index (χ2n) is 6.82. The van der Waals surface area contributed by atoms with Gasteiger partial charge in [-0.25, -0.2) is 0 Å². The first-order chi connectivity index (χ1) is 12.4. The molecule has 0 radical (unpaired) electrons. The van der Waals surface area contributed by atoms with Gasteiger partial charge in [-0.1, -0.05) is 23.9 Å². The lowest BCUT2D eigenvalue weighted by Crippen LogP contribution is -2.58. The summed E-state index contributed by atoms with van der Waals surface area (Å²) in [5.41, 5.74) is 0.661. The summed E-state index contributed by atoms with van der Waals surface area (Å²) < 4.78 is 11.0. The third-order valence-corrected chi connectivity index (χ3v) is 6.04. The minimum absolute atomic E-state index is 0.397. The van der Waals surface area contributed by atoms with Gasteiger partial charge in [-0.15, -0.1) is 0 Å². The smallest absolute Gasteiger partial charge is 0.161 e. The fourth-order valence-corrected chi connectivity index (χ4v) is 4.33. The number of aliphatic hydroxyl groups is 3. The molecule has 1 saturated heterocycles. The Bertz CT molecular complexity index is 639. The number of thioether (sulfide) groups is 1. The number of benzene rings is 1. The van der Waals surface area contributed by atoms with Crippen molar-refractivity contribution >= 4 is 16.9 Å². The van der Waals surface area contributed by atoms with E-state index in [1.54, 1.807) is 7.11 Å². The van der Waals surface area contributed by atoms with Crippen LogP contribution >= 0.6 is 11.8 Å². The van der Waals surface area contributed by atoms with Gasteiger partial charge in [0.25, 0.3) is 0 Å². The van der Waals surface area contributed by atoms with Crippen LogP contribution in [-0.4, -0.2) is 82.5 Å². The minimum atomic E-state index is -1.17. The number of hydrogen-bond donors (Lipinski definition) is 3. The zero-order chi connectivity index (χ0) is 18.8. The zero-order valence-electron chi connectivity index (χ0n) is 15.1. The fraction of sp³-hybridized carbons (Fsp3) is 0.611. The third kappa shape index (κ3) is 3.99. The Kier molecular flexibility index (Phi) is 6.09. The van der Waals surface area contributed by atoms with Gasteiger partial charge in [0.1, 0.15) is 35.5 Å². The highest BCUT2D eigenvalue weighted by atomic mass is 32.2. The lowest BCUT2D eigenvalue weighted by atomic mass is 9.92. The van der Waals surface area contributed by atoms with Crippen molar-refractivity contribution in [1.82, 2.24) is 4.90 Å². The van der Waals surface area contributed by atoms with E-state index in [2.05, 4.69) is 4.99 Å². The van der Waals surface area contributed by atoms with Crippen molar-refractivity contribution in [3.63, 3.8) is 0 Å². The van der Waals surface area contributed by atoms with E-state index in [0.717, 1.165) is 16.5 Å². The predicted molar refractivity (Wildman–Crippen MR) is 100 cm³/mol. The van der Waals surface area contributed by atoms with Gasteiger partial charge in [-0.05, 0) is 30.5 Å². The molecule has 0 saturated carbocycles. The molecule has 0 spiro atoms. The average molecular weight is 382 g/mol. The minimum Gasteiger partial charge on any atom is -0.497 e. The monoisotopic (exact) mass is 382 g/mol. The van der Waals surface area contributed by atoms with Crippen LogP contribution in [0.2, 0.25) is 0 Å². The maximum atomic E-state index is 10.5. The van der Waals surface area contributed by atoms with Crippen molar-refractivity contribution in [1.29, 1.82) is 0 Å². The summed E-state index contributed by atoms with van der Waals surface area (Å²) >= 11 is 1.41. The van der Waals surface area contributed by atoms with Crippen molar-refractivity contribution in [3.05, 3.63) is 29.8 Å². The lowest BCUT2D eigenvalue weighted by Gasteiger charge is -2.40. The first-order valence-corrected chi connectivity index (χ1v) is 9.53. The van der Waals surface area contributed by atoms with Crippen molar-refractivity contribution < 1.29 is 24.8 Å². The molecule has 2 aliphatic rings. The summed E-state index contributed by atoms with van der Waals surface area (Å²) in [4.78, 5) is 6.27. The molecular formula is C18H26N2O5S. The van der Waals surface area contributed by atoms with E-state index in [0.29, 0.717) is 12.8 Å². The molecule has 8 heteroatoms. The number of fused-ring (bicyclic) bond motifs is 1. The molecule has 0 amide bonds. The van der Waals surface area contributed by atoms with Crippen LogP contribution in [0.5, 0.6) is 5.75 Å². The number of nitrogens with zero attached hydrogens (tertiary/aromatic N) is 2. The number of methoxy groups -OCH3 is 1. The molecule has 26 heavy (non-hydrogen) atoms. The number of aliphatic imine (C=N–C) groups is 1. The van der Waals surface area contributed by atoms with E-state index >= 15 is 0 Å². The number of ether oxygens (including phenoxy) is 2.